The van der Waals surface area contributed by atoms with Crippen molar-refractivity contribution in [2.45, 2.75) is 10.1 Å². The number of hydrogen-bond acceptors (Lipinski definition) is 7. The predicted octanol–water partition coefficient (Wildman–Crippen LogP) is 5.61. The zero-order valence-electron chi connectivity index (χ0n) is 16.5. The summed E-state index contributed by atoms with van der Waals surface area (Å²) in [4.78, 5) is 16.6. The average Bonchev–Trinajstić information content (AvgIpc) is 3.19. The van der Waals surface area contributed by atoms with Gasteiger partial charge in [0.15, 0.2) is 8.29 Å². The summed E-state index contributed by atoms with van der Waals surface area (Å²) < 4.78 is 8.32. The van der Waals surface area contributed by atoms with Gasteiger partial charge in [-0.05, 0) is 48.1 Å². The largest absolute Gasteiger partial charge is 0.481 e. The number of thioether (sulfide) groups is 1. The van der Waals surface area contributed by atoms with Crippen LogP contribution in [-0.4, -0.2) is 27.8 Å². The molecule has 0 aliphatic carbocycles. The van der Waals surface area contributed by atoms with Crippen LogP contribution in [0.1, 0.15) is 15.9 Å². The number of anilines is 1. The second kappa shape index (κ2) is 9.86. The third-order valence-corrected chi connectivity index (χ3v) is 6.75. The van der Waals surface area contributed by atoms with Gasteiger partial charge in [-0.1, -0.05) is 53.4 Å². The van der Waals surface area contributed by atoms with Crippen molar-refractivity contribution in [3.05, 3.63) is 88.0 Å². The third kappa shape index (κ3) is 5.38. The molecule has 1 amide bonds. The molecule has 9 heteroatoms. The fourth-order valence-electron chi connectivity index (χ4n) is 2.73. The molecule has 0 saturated heterocycles. The fourth-order valence-corrected chi connectivity index (χ4v) is 5.05. The molecule has 2 aromatic carbocycles. The van der Waals surface area contributed by atoms with Gasteiger partial charge in [0, 0.05) is 17.4 Å². The number of amides is 1. The Morgan fingerprint density at radius 3 is 2.58 bits per heavy atom. The van der Waals surface area contributed by atoms with Gasteiger partial charge in [0.1, 0.15) is 0 Å². The van der Waals surface area contributed by atoms with Gasteiger partial charge in [0.2, 0.25) is 5.88 Å². The molecule has 31 heavy (non-hydrogen) atoms. The van der Waals surface area contributed by atoms with Crippen LogP contribution in [-0.2, 0) is 5.75 Å². The van der Waals surface area contributed by atoms with Crippen LogP contribution in [0.25, 0.3) is 5.69 Å². The van der Waals surface area contributed by atoms with Crippen molar-refractivity contribution in [1.82, 2.24) is 14.8 Å². The molecule has 1 N–H and O–H groups in total. The van der Waals surface area contributed by atoms with E-state index in [1.54, 1.807) is 54.0 Å². The Morgan fingerprint density at radius 1 is 1.13 bits per heavy atom. The van der Waals surface area contributed by atoms with Gasteiger partial charge in [-0.2, -0.15) is 0 Å². The fraction of sp³-hybridized carbons (Fsp3) is 0.0909. The van der Waals surface area contributed by atoms with Crippen molar-refractivity contribution in [3.63, 3.8) is 0 Å². The summed E-state index contributed by atoms with van der Waals surface area (Å²) in [6, 6.07) is 20.8. The number of pyridine rings is 1. The first-order chi connectivity index (χ1) is 15.1. The maximum atomic E-state index is 12.5. The maximum absolute atomic E-state index is 12.5. The quantitative estimate of drug-likeness (QED) is 0.282. The number of methoxy groups -OCH3 is 1. The van der Waals surface area contributed by atoms with E-state index in [1.807, 2.05) is 30.3 Å². The van der Waals surface area contributed by atoms with Crippen molar-refractivity contribution >= 4 is 46.9 Å². The van der Waals surface area contributed by atoms with E-state index in [0.717, 1.165) is 15.8 Å². The lowest BCUT2D eigenvalue weighted by atomic mass is 10.2. The van der Waals surface area contributed by atoms with Crippen LogP contribution < -0.4 is 10.1 Å². The molecule has 0 spiro atoms. The molecule has 2 heterocycles. The lowest BCUT2D eigenvalue weighted by Crippen LogP contribution is -2.12. The number of nitrogens with zero attached hydrogens (tertiary/aromatic N) is 3. The van der Waals surface area contributed by atoms with Crippen LogP contribution in [0, 0.1) is 3.95 Å². The number of ether oxygens (including phenoxy) is 1. The summed E-state index contributed by atoms with van der Waals surface area (Å²) >= 11 is 8.62. The van der Waals surface area contributed by atoms with E-state index in [9.17, 15) is 4.79 Å². The molecule has 2 aromatic heterocycles. The van der Waals surface area contributed by atoms with Crippen LogP contribution in [0.2, 0.25) is 0 Å². The molecule has 0 radical (unpaired) electrons. The van der Waals surface area contributed by atoms with E-state index >= 15 is 0 Å². The molecule has 6 nitrogen and oxygen atoms in total. The van der Waals surface area contributed by atoms with Gasteiger partial charge >= 0.3 is 0 Å². The molecule has 4 rings (SSSR count). The number of aromatic nitrogens is 3. The van der Waals surface area contributed by atoms with Crippen LogP contribution >= 0.6 is 35.3 Å². The molecule has 4 aromatic rings. The lowest BCUT2D eigenvalue weighted by Gasteiger charge is -2.07. The minimum absolute atomic E-state index is 0.223. The Labute approximate surface area is 192 Å². The first kappa shape index (κ1) is 21.2. The number of benzene rings is 2. The Bertz CT molecular complexity index is 1220. The second-order valence-electron chi connectivity index (χ2n) is 6.41. The molecular weight excluding hydrogens is 448 g/mol. The van der Waals surface area contributed by atoms with E-state index in [4.69, 9.17) is 17.0 Å². The molecule has 0 fully saturated rings. The normalized spacial score (nSPS) is 10.6. The Balaban J connectivity index is 1.43. The number of rotatable bonds is 7. The highest BCUT2D eigenvalue weighted by atomic mass is 32.2. The van der Waals surface area contributed by atoms with Gasteiger partial charge in [-0.3, -0.25) is 4.79 Å². The van der Waals surface area contributed by atoms with Crippen molar-refractivity contribution in [2.75, 3.05) is 12.4 Å². The number of carbonyl (C=O) groups is 1. The monoisotopic (exact) mass is 466 g/mol. The van der Waals surface area contributed by atoms with E-state index in [2.05, 4.69) is 27.5 Å². The molecule has 0 bridgehead atoms. The summed E-state index contributed by atoms with van der Waals surface area (Å²) in [6.07, 6.45) is 1.55. The van der Waals surface area contributed by atoms with Gasteiger partial charge in [0.05, 0.1) is 24.7 Å². The number of hydrogen-bond donors (Lipinski definition) is 1. The minimum Gasteiger partial charge on any atom is -0.481 e. The molecule has 0 aliphatic heterocycles. The second-order valence-corrected chi connectivity index (χ2v) is 9.26. The van der Waals surface area contributed by atoms with E-state index in [-0.39, 0.29) is 5.91 Å². The summed E-state index contributed by atoms with van der Waals surface area (Å²) in [7, 11) is 1.54. The highest BCUT2D eigenvalue weighted by Gasteiger charge is 2.10. The highest BCUT2D eigenvalue weighted by molar-refractivity contribution is 8.00. The molecule has 156 valence electrons. The highest BCUT2D eigenvalue weighted by Crippen LogP contribution is 2.27. The zero-order chi connectivity index (χ0) is 21.6. The van der Waals surface area contributed by atoms with E-state index < -0.39 is 0 Å². The SMILES string of the molecule is COc1ccc(NC(=O)c2ccc(-n3nc(SCc4ccccc4)sc3=S)cc2)cn1. The van der Waals surface area contributed by atoms with Crippen LogP contribution in [0.4, 0.5) is 5.69 Å². The summed E-state index contributed by atoms with van der Waals surface area (Å²) in [6.45, 7) is 0. The average molecular weight is 467 g/mol. The molecule has 0 aliphatic rings. The van der Waals surface area contributed by atoms with Crippen molar-refractivity contribution in [2.24, 2.45) is 0 Å². The smallest absolute Gasteiger partial charge is 0.255 e. The first-order valence-corrected chi connectivity index (χ1v) is 11.5. The first-order valence-electron chi connectivity index (χ1n) is 9.31. The number of nitrogens with one attached hydrogen (secondary N) is 1. The van der Waals surface area contributed by atoms with E-state index in [1.165, 1.54) is 16.9 Å². The summed E-state index contributed by atoms with van der Waals surface area (Å²) in [5.41, 5.74) is 3.18. The topological polar surface area (TPSA) is 69.0 Å². The molecule has 0 atom stereocenters. The zero-order valence-corrected chi connectivity index (χ0v) is 19.0. The van der Waals surface area contributed by atoms with Crippen molar-refractivity contribution in [3.8, 4) is 11.6 Å². The molecular formula is C22H18N4O2S3. The predicted molar refractivity (Wildman–Crippen MR) is 127 cm³/mol. The van der Waals surface area contributed by atoms with Gasteiger partial charge < -0.3 is 10.1 Å². The number of carbonyl (C=O) groups excluding carboxylic acids is 1. The molecule has 0 unspecified atom stereocenters. The van der Waals surface area contributed by atoms with Crippen LogP contribution in [0.5, 0.6) is 5.88 Å². The lowest BCUT2D eigenvalue weighted by molar-refractivity contribution is 0.102. The van der Waals surface area contributed by atoms with Crippen LogP contribution in [0.3, 0.4) is 0 Å². The van der Waals surface area contributed by atoms with Gasteiger partial charge in [0.25, 0.3) is 5.91 Å². The van der Waals surface area contributed by atoms with Crippen molar-refractivity contribution in [1.29, 1.82) is 0 Å². The summed E-state index contributed by atoms with van der Waals surface area (Å²) in [5, 5.41) is 7.44. The minimum atomic E-state index is -0.223. The van der Waals surface area contributed by atoms with Gasteiger partial charge in [-0.15, -0.1) is 5.10 Å². The van der Waals surface area contributed by atoms with Crippen LogP contribution in [0.15, 0.2) is 77.3 Å². The maximum Gasteiger partial charge on any atom is 0.255 e. The Kier molecular flexibility index (Phi) is 6.76. The molecule has 0 saturated carbocycles. The third-order valence-electron chi connectivity index (χ3n) is 4.31. The van der Waals surface area contributed by atoms with E-state index in [0.29, 0.717) is 21.1 Å². The Morgan fingerprint density at radius 2 is 1.90 bits per heavy atom. The standard InChI is InChI=1S/C22H18N4O2S3/c1-28-19-12-9-17(13-23-19)24-20(27)16-7-10-18(11-8-16)26-22(29)31-21(25-26)30-14-15-5-3-2-4-6-15/h2-13H,14H2,1H3,(H,24,27). The van der Waals surface area contributed by atoms with Crippen molar-refractivity contribution < 1.29 is 9.53 Å². The van der Waals surface area contributed by atoms with Gasteiger partial charge in [-0.25, -0.2) is 9.67 Å². The Hall–Kier alpha value is -3.01. The summed E-state index contributed by atoms with van der Waals surface area (Å²) in [5.74, 6) is 1.10.